The molecule has 30 heavy (non-hydrogen) atoms. The Balaban J connectivity index is 1.81. The average molecular weight is 437 g/mol. The number of alkyl halides is 3. The Morgan fingerprint density at radius 1 is 1.23 bits per heavy atom. The van der Waals surface area contributed by atoms with Crippen LogP contribution in [-0.4, -0.2) is 28.3 Å². The molecule has 0 aliphatic carbocycles. The molecule has 1 amide bonds. The maximum absolute atomic E-state index is 13.2. The summed E-state index contributed by atoms with van der Waals surface area (Å²) in [6, 6.07) is 11.1. The highest BCUT2D eigenvalue weighted by molar-refractivity contribution is 6.33. The Hall–Kier alpha value is -2.84. The van der Waals surface area contributed by atoms with Gasteiger partial charge in [-0.2, -0.15) is 18.3 Å². The Kier molecular flexibility index (Phi) is 6.48. The Labute approximate surface area is 176 Å². The van der Waals surface area contributed by atoms with Crippen molar-refractivity contribution >= 4 is 17.5 Å². The fraction of sp³-hybridized carbons (Fsp3) is 0.238. The molecule has 5 nitrogen and oxygen atoms in total. The maximum Gasteiger partial charge on any atom is 0.416 e. The number of hydrogen-bond donors (Lipinski definition) is 2. The van der Waals surface area contributed by atoms with E-state index in [1.807, 2.05) is 0 Å². The summed E-state index contributed by atoms with van der Waals surface area (Å²) >= 11 is 6.27. The molecule has 0 aliphatic heterocycles. The van der Waals surface area contributed by atoms with Gasteiger partial charge in [-0.3, -0.25) is 9.48 Å². The lowest BCUT2D eigenvalue weighted by Gasteiger charge is -2.20. The fourth-order valence-electron chi connectivity index (χ4n) is 3.20. The van der Waals surface area contributed by atoms with Crippen molar-refractivity contribution in [3.63, 3.8) is 0 Å². The van der Waals surface area contributed by atoms with Crippen LogP contribution in [0.4, 0.5) is 13.2 Å². The van der Waals surface area contributed by atoms with Gasteiger partial charge >= 0.3 is 6.18 Å². The summed E-state index contributed by atoms with van der Waals surface area (Å²) in [5.74, 6) is -0.449. The highest BCUT2D eigenvalue weighted by Gasteiger charge is 2.33. The summed E-state index contributed by atoms with van der Waals surface area (Å²) in [6.07, 6.45) is -2.91. The number of rotatable bonds is 6. The van der Waals surface area contributed by atoms with Crippen molar-refractivity contribution in [2.75, 3.05) is 6.54 Å². The van der Waals surface area contributed by atoms with Gasteiger partial charge in [0.1, 0.15) is 0 Å². The molecule has 1 atom stereocenters. The van der Waals surface area contributed by atoms with Gasteiger partial charge in [-0.1, -0.05) is 29.8 Å². The molecule has 1 heterocycles. The van der Waals surface area contributed by atoms with E-state index >= 15 is 0 Å². The zero-order valence-corrected chi connectivity index (χ0v) is 16.8. The number of nitrogens with two attached hydrogens (primary N) is 1. The Bertz CT molecular complexity index is 1050. The molecule has 0 fully saturated rings. The van der Waals surface area contributed by atoms with E-state index in [9.17, 15) is 18.0 Å². The van der Waals surface area contributed by atoms with Gasteiger partial charge in [0.05, 0.1) is 11.3 Å². The summed E-state index contributed by atoms with van der Waals surface area (Å²) in [5, 5.41) is 7.26. The lowest BCUT2D eigenvalue weighted by Crippen LogP contribution is -2.42. The minimum atomic E-state index is -4.48. The standard InChI is InChI=1S/C21H20ClF3N4O/c1-29-19(8-9-27-29)16-11-14(6-7-18(16)22)20(30)28-15(12-26)10-13-4-2-3-5-17(13)21(23,24)25/h2-9,11,15H,10,12,26H2,1H3,(H,28,30)/t15-/m0/s1. The number of nitrogens with zero attached hydrogens (tertiary/aromatic N) is 2. The van der Waals surface area contributed by atoms with Crippen LogP contribution in [0.5, 0.6) is 0 Å². The first-order valence-corrected chi connectivity index (χ1v) is 9.52. The molecule has 0 radical (unpaired) electrons. The predicted octanol–water partition coefficient (Wildman–Crippen LogP) is 4.06. The first-order valence-electron chi connectivity index (χ1n) is 9.14. The second-order valence-electron chi connectivity index (χ2n) is 6.80. The quantitative estimate of drug-likeness (QED) is 0.612. The number of hydrogen-bond acceptors (Lipinski definition) is 3. The van der Waals surface area contributed by atoms with Crippen LogP contribution in [0.15, 0.2) is 54.7 Å². The maximum atomic E-state index is 13.2. The van der Waals surface area contributed by atoms with E-state index in [-0.39, 0.29) is 18.5 Å². The molecule has 0 saturated carbocycles. The van der Waals surface area contributed by atoms with Gasteiger partial charge in [0.2, 0.25) is 0 Å². The van der Waals surface area contributed by atoms with E-state index in [4.69, 9.17) is 17.3 Å². The SMILES string of the molecule is Cn1nccc1-c1cc(C(=O)N[C@H](CN)Cc2ccccc2C(F)(F)F)ccc1Cl. The van der Waals surface area contributed by atoms with E-state index in [0.29, 0.717) is 16.1 Å². The molecule has 0 unspecified atom stereocenters. The molecule has 3 rings (SSSR count). The Morgan fingerprint density at radius 3 is 2.60 bits per heavy atom. The second-order valence-corrected chi connectivity index (χ2v) is 7.21. The number of benzene rings is 2. The smallest absolute Gasteiger partial charge is 0.348 e. The van der Waals surface area contributed by atoms with Crippen molar-refractivity contribution in [1.29, 1.82) is 0 Å². The minimum absolute atomic E-state index is 0.0138. The lowest BCUT2D eigenvalue weighted by molar-refractivity contribution is -0.138. The molecule has 158 valence electrons. The molecule has 0 spiro atoms. The molecular weight excluding hydrogens is 417 g/mol. The number of carbonyl (C=O) groups excluding carboxylic acids is 1. The van der Waals surface area contributed by atoms with Crippen molar-refractivity contribution in [2.24, 2.45) is 12.8 Å². The second kappa shape index (κ2) is 8.89. The topological polar surface area (TPSA) is 72.9 Å². The van der Waals surface area contributed by atoms with E-state index in [1.165, 1.54) is 18.2 Å². The van der Waals surface area contributed by atoms with Crippen LogP contribution in [0, 0.1) is 0 Å². The average Bonchev–Trinajstić information content (AvgIpc) is 3.13. The van der Waals surface area contributed by atoms with Gasteiger partial charge in [-0.25, -0.2) is 0 Å². The van der Waals surface area contributed by atoms with Crippen molar-refractivity contribution in [3.05, 3.63) is 76.4 Å². The van der Waals surface area contributed by atoms with Gasteiger partial charge in [0.15, 0.2) is 0 Å². The van der Waals surface area contributed by atoms with Gasteiger partial charge in [0, 0.05) is 42.0 Å². The highest BCUT2D eigenvalue weighted by atomic mass is 35.5. The van der Waals surface area contributed by atoms with Crippen LogP contribution < -0.4 is 11.1 Å². The minimum Gasteiger partial charge on any atom is -0.348 e. The van der Waals surface area contributed by atoms with Crippen LogP contribution in [0.25, 0.3) is 11.3 Å². The zero-order valence-electron chi connectivity index (χ0n) is 16.1. The van der Waals surface area contributed by atoms with E-state index in [2.05, 4.69) is 10.4 Å². The third-order valence-electron chi connectivity index (χ3n) is 4.73. The third kappa shape index (κ3) is 4.83. The van der Waals surface area contributed by atoms with Gasteiger partial charge < -0.3 is 11.1 Å². The normalized spacial score (nSPS) is 12.6. The van der Waals surface area contributed by atoms with Crippen molar-refractivity contribution in [1.82, 2.24) is 15.1 Å². The van der Waals surface area contributed by atoms with Crippen molar-refractivity contribution < 1.29 is 18.0 Å². The molecule has 0 bridgehead atoms. The first kappa shape index (κ1) is 21.9. The molecule has 3 N–H and O–H groups in total. The number of aromatic nitrogens is 2. The van der Waals surface area contributed by atoms with E-state index in [0.717, 1.165) is 11.8 Å². The highest BCUT2D eigenvalue weighted by Crippen LogP contribution is 2.32. The molecule has 9 heteroatoms. The summed E-state index contributed by atoms with van der Waals surface area (Å²) < 4.78 is 41.3. The third-order valence-corrected chi connectivity index (χ3v) is 5.06. The van der Waals surface area contributed by atoms with Crippen LogP contribution in [0.1, 0.15) is 21.5 Å². The molecule has 1 aromatic heterocycles. The van der Waals surface area contributed by atoms with Crippen molar-refractivity contribution in [2.45, 2.75) is 18.6 Å². The van der Waals surface area contributed by atoms with Crippen LogP contribution >= 0.6 is 11.6 Å². The lowest BCUT2D eigenvalue weighted by atomic mass is 9.99. The number of nitrogens with one attached hydrogen (secondary N) is 1. The predicted molar refractivity (Wildman–Crippen MR) is 109 cm³/mol. The first-order chi connectivity index (χ1) is 14.2. The monoisotopic (exact) mass is 436 g/mol. The van der Waals surface area contributed by atoms with E-state index in [1.54, 1.807) is 42.2 Å². The van der Waals surface area contributed by atoms with Crippen molar-refractivity contribution in [3.8, 4) is 11.3 Å². The number of amides is 1. The fourth-order valence-corrected chi connectivity index (χ4v) is 3.42. The number of halogens is 4. The van der Waals surface area contributed by atoms with Gasteiger partial charge in [-0.05, 0) is 42.3 Å². The molecular formula is C21H20ClF3N4O. The van der Waals surface area contributed by atoms with Crippen LogP contribution in [0.2, 0.25) is 5.02 Å². The number of aryl methyl sites for hydroxylation is 1. The molecule has 3 aromatic rings. The van der Waals surface area contributed by atoms with E-state index < -0.39 is 23.7 Å². The number of carbonyl (C=O) groups is 1. The van der Waals surface area contributed by atoms with Crippen LogP contribution in [-0.2, 0) is 19.6 Å². The zero-order chi connectivity index (χ0) is 21.9. The van der Waals surface area contributed by atoms with Crippen LogP contribution in [0.3, 0.4) is 0 Å². The van der Waals surface area contributed by atoms with Gasteiger partial charge in [0.25, 0.3) is 5.91 Å². The molecule has 2 aromatic carbocycles. The summed E-state index contributed by atoms with van der Waals surface area (Å²) in [5.41, 5.74) is 6.74. The summed E-state index contributed by atoms with van der Waals surface area (Å²) in [4.78, 5) is 12.7. The molecule has 0 aliphatic rings. The summed E-state index contributed by atoms with van der Waals surface area (Å²) in [6.45, 7) is -0.0138. The summed E-state index contributed by atoms with van der Waals surface area (Å²) in [7, 11) is 1.75. The Morgan fingerprint density at radius 2 is 1.97 bits per heavy atom. The van der Waals surface area contributed by atoms with Gasteiger partial charge in [-0.15, -0.1) is 0 Å². The largest absolute Gasteiger partial charge is 0.416 e. The molecule has 0 saturated heterocycles.